The summed E-state index contributed by atoms with van der Waals surface area (Å²) in [6.45, 7) is 2.90. The van der Waals surface area contributed by atoms with Crippen molar-refractivity contribution in [3.05, 3.63) is 61.5 Å². The molecule has 1 N–H and O–H groups in total. The predicted octanol–water partition coefficient (Wildman–Crippen LogP) is 5.72. The highest BCUT2D eigenvalue weighted by molar-refractivity contribution is 9.10. The first kappa shape index (κ1) is 16.8. The molecule has 1 atom stereocenters. The van der Waals surface area contributed by atoms with Crippen molar-refractivity contribution in [1.29, 1.82) is 0 Å². The van der Waals surface area contributed by atoms with E-state index in [1.54, 1.807) is 7.11 Å². The lowest BCUT2D eigenvalue weighted by molar-refractivity contribution is 0.411. The summed E-state index contributed by atoms with van der Waals surface area (Å²) in [5.74, 6) is 0.839. The van der Waals surface area contributed by atoms with Crippen LogP contribution in [0.4, 0.5) is 0 Å². The summed E-state index contributed by atoms with van der Waals surface area (Å²) >= 11 is 13.0. The van der Waals surface area contributed by atoms with Crippen LogP contribution in [0.3, 0.4) is 0 Å². The summed E-state index contributed by atoms with van der Waals surface area (Å²) in [4.78, 5) is 0. The van der Waals surface area contributed by atoms with Gasteiger partial charge < -0.3 is 10.1 Å². The normalized spacial score (nSPS) is 12.2. The molecule has 2 rings (SSSR count). The van der Waals surface area contributed by atoms with Crippen LogP contribution in [-0.4, -0.2) is 7.11 Å². The summed E-state index contributed by atoms with van der Waals surface area (Å²) in [5.41, 5.74) is 2.36. The van der Waals surface area contributed by atoms with Gasteiger partial charge in [0.1, 0.15) is 5.75 Å². The molecule has 5 heteroatoms. The maximum Gasteiger partial charge on any atom is 0.133 e. The Hall–Kier alpha value is -0.550. The Kier molecular flexibility index (Phi) is 6.11. The minimum Gasteiger partial charge on any atom is -0.496 e. The van der Waals surface area contributed by atoms with Gasteiger partial charge in [-0.2, -0.15) is 0 Å². The van der Waals surface area contributed by atoms with E-state index in [2.05, 4.69) is 62.3 Å². The molecule has 2 aromatic carbocycles. The molecule has 1 unspecified atom stereocenters. The maximum atomic E-state index is 6.11. The van der Waals surface area contributed by atoms with Gasteiger partial charge in [-0.3, -0.25) is 0 Å². The molecule has 0 aliphatic carbocycles. The van der Waals surface area contributed by atoms with E-state index in [1.165, 1.54) is 5.56 Å². The number of rotatable bonds is 5. The summed E-state index contributed by atoms with van der Waals surface area (Å²) in [7, 11) is 1.67. The van der Waals surface area contributed by atoms with Crippen LogP contribution in [0.15, 0.2) is 45.3 Å². The molecule has 0 bridgehead atoms. The minimum absolute atomic E-state index is 0.231. The lowest BCUT2D eigenvalue weighted by Crippen LogP contribution is -2.18. The second-order valence-electron chi connectivity index (χ2n) is 4.75. The van der Waals surface area contributed by atoms with Crippen LogP contribution in [-0.2, 0) is 6.54 Å². The van der Waals surface area contributed by atoms with Crippen LogP contribution in [0.25, 0.3) is 0 Å². The number of hydrogen-bond acceptors (Lipinski definition) is 2. The number of methoxy groups -OCH3 is 1. The van der Waals surface area contributed by atoms with Crippen LogP contribution >= 0.6 is 43.5 Å². The van der Waals surface area contributed by atoms with Crippen molar-refractivity contribution < 1.29 is 4.74 Å². The standard InChI is InChI=1S/C16H16Br2ClNO/c1-10(12-4-6-16(21-2)14(18)8-12)20-9-11-3-5-13(17)15(19)7-11/h3-8,10,20H,9H2,1-2H3. The van der Waals surface area contributed by atoms with Crippen molar-refractivity contribution in [3.63, 3.8) is 0 Å². The Bertz CT molecular complexity index is 634. The Labute approximate surface area is 147 Å². The monoisotopic (exact) mass is 431 g/mol. The summed E-state index contributed by atoms with van der Waals surface area (Å²) in [6, 6.07) is 12.3. The summed E-state index contributed by atoms with van der Waals surface area (Å²) < 4.78 is 7.12. The van der Waals surface area contributed by atoms with Crippen molar-refractivity contribution >= 4 is 43.5 Å². The molecule has 0 amide bonds. The van der Waals surface area contributed by atoms with Crippen molar-refractivity contribution in [2.45, 2.75) is 19.5 Å². The molecular formula is C16H16Br2ClNO. The van der Waals surface area contributed by atoms with Gasteiger partial charge in [0, 0.05) is 17.1 Å². The van der Waals surface area contributed by atoms with Crippen LogP contribution in [0, 0.1) is 0 Å². The minimum atomic E-state index is 0.231. The van der Waals surface area contributed by atoms with E-state index >= 15 is 0 Å². The number of hydrogen-bond donors (Lipinski definition) is 1. The fourth-order valence-corrected chi connectivity index (χ4v) is 3.00. The molecule has 2 aromatic rings. The Morgan fingerprint density at radius 1 is 1.14 bits per heavy atom. The SMILES string of the molecule is COc1ccc(C(C)NCc2ccc(Br)c(Cl)c2)cc1Br. The smallest absolute Gasteiger partial charge is 0.133 e. The zero-order valence-corrected chi connectivity index (χ0v) is 15.7. The Balaban J connectivity index is 2.02. The molecule has 0 saturated carbocycles. The number of halogens is 3. The Morgan fingerprint density at radius 3 is 2.52 bits per heavy atom. The van der Waals surface area contributed by atoms with Gasteiger partial charge in [-0.1, -0.05) is 23.7 Å². The van der Waals surface area contributed by atoms with Gasteiger partial charge in [0.05, 0.1) is 16.6 Å². The fraction of sp³-hybridized carbons (Fsp3) is 0.250. The van der Waals surface area contributed by atoms with Crippen molar-refractivity contribution in [2.24, 2.45) is 0 Å². The van der Waals surface area contributed by atoms with Crippen LogP contribution in [0.5, 0.6) is 5.75 Å². The molecule has 0 fully saturated rings. The summed E-state index contributed by atoms with van der Waals surface area (Å²) in [6.07, 6.45) is 0. The largest absolute Gasteiger partial charge is 0.496 e. The van der Waals surface area contributed by atoms with Gasteiger partial charge in [0.2, 0.25) is 0 Å². The van der Waals surface area contributed by atoms with Gasteiger partial charge in [-0.05, 0) is 74.2 Å². The summed E-state index contributed by atoms with van der Waals surface area (Å²) in [5, 5.41) is 4.22. The third-order valence-corrected chi connectivity index (χ3v) is 5.12. The van der Waals surface area contributed by atoms with Gasteiger partial charge in [0.25, 0.3) is 0 Å². The predicted molar refractivity (Wildman–Crippen MR) is 95.1 cm³/mol. The first-order valence-corrected chi connectivity index (χ1v) is 8.48. The van der Waals surface area contributed by atoms with E-state index in [-0.39, 0.29) is 6.04 Å². The highest BCUT2D eigenvalue weighted by Crippen LogP contribution is 2.28. The molecule has 0 radical (unpaired) electrons. The van der Waals surface area contributed by atoms with E-state index in [0.29, 0.717) is 0 Å². The first-order valence-electron chi connectivity index (χ1n) is 6.52. The van der Waals surface area contributed by atoms with Gasteiger partial charge in [-0.15, -0.1) is 0 Å². The fourth-order valence-electron chi connectivity index (χ4n) is 1.99. The molecule has 0 spiro atoms. The van der Waals surface area contributed by atoms with Gasteiger partial charge in [0.15, 0.2) is 0 Å². The van der Waals surface area contributed by atoms with Crippen LogP contribution < -0.4 is 10.1 Å². The molecule has 0 aliphatic heterocycles. The van der Waals surface area contributed by atoms with E-state index in [4.69, 9.17) is 16.3 Å². The third kappa shape index (κ3) is 4.46. The van der Waals surface area contributed by atoms with Crippen LogP contribution in [0.1, 0.15) is 24.1 Å². The van der Waals surface area contributed by atoms with E-state index in [0.717, 1.165) is 31.8 Å². The molecule has 0 aromatic heterocycles. The van der Waals surface area contributed by atoms with Crippen molar-refractivity contribution in [2.75, 3.05) is 7.11 Å². The molecule has 21 heavy (non-hydrogen) atoms. The van der Waals surface area contributed by atoms with Crippen molar-refractivity contribution in [3.8, 4) is 5.75 Å². The highest BCUT2D eigenvalue weighted by atomic mass is 79.9. The molecule has 2 nitrogen and oxygen atoms in total. The number of nitrogens with one attached hydrogen (secondary N) is 1. The average molecular weight is 434 g/mol. The molecule has 112 valence electrons. The molecule has 0 saturated heterocycles. The average Bonchev–Trinajstić information content (AvgIpc) is 2.48. The maximum absolute atomic E-state index is 6.11. The van der Waals surface area contributed by atoms with E-state index in [1.807, 2.05) is 18.2 Å². The van der Waals surface area contributed by atoms with E-state index in [9.17, 15) is 0 Å². The quantitative estimate of drug-likeness (QED) is 0.651. The zero-order chi connectivity index (χ0) is 15.4. The lowest BCUT2D eigenvalue weighted by Gasteiger charge is -2.16. The number of benzene rings is 2. The first-order chi connectivity index (χ1) is 10.0. The molecular weight excluding hydrogens is 417 g/mol. The topological polar surface area (TPSA) is 21.3 Å². The zero-order valence-electron chi connectivity index (χ0n) is 11.8. The second-order valence-corrected chi connectivity index (χ2v) is 6.86. The lowest BCUT2D eigenvalue weighted by atomic mass is 10.1. The van der Waals surface area contributed by atoms with Crippen LogP contribution in [0.2, 0.25) is 5.02 Å². The van der Waals surface area contributed by atoms with E-state index < -0.39 is 0 Å². The number of ether oxygens (including phenoxy) is 1. The second kappa shape index (κ2) is 7.63. The Morgan fingerprint density at radius 2 is 1.90 bits per heavy atom. The van der Waals surface area contributed by atoms with Gasteiger partial charge >= 0.3 is 0 Å². The molecule has 0 aliphatic rings. The van der Waals surface area contributed by atoms with Crippen molar-refractivity contribution in [1.82, 2.24) is 5.32 Å². The highest BCUT2D eigenvalue weighted by Gasteiger charge is 2.08. The molecule has 0 heterocycles. The third-order valence-electron chi connectivity index (χ3n) is 3.27. The van der Waals surface area contributed by atoms with Gasteiger partial charge in [-0.25, -0.2) is 0 Å².